The van der Waals surface area contributed by atoms with Gasteiger partial charge in [-0.1, -0.05) is 86.2 Å². The number of rotatable bonds is 14. The summed E-state index contributed by atoms with van der Waals surface area (Å²) in [6.07, 6.45) is 14.9. The first-order valence-electron chi connectivity index (χ1n) is 14.9. The molecule has 0 saturated carbocycles. The second-order valence-electron chi connectivity index (χ2n) is 10.3. The normalized spacial score (nSPS) is 16.0. The zero-order valence-electron chi connectivity index (χ0n) is 25.9. The summed E-state index contributed by atoms with van der Waals surface area (Å²) in [5.74, 6) is 0.396. The van der Waals surface area contributed by atoms with Crippen LogP contribution in [0.2, 0.25) is 0 Å². The van der Waals surface area contributed by atoms with Crippen molar-refractivity contribution in [3.63, 3.8) is 0 Å². The summed E-state index contributed by atoms with van der Waals surface area (Å²) in [6, 6.07) is 9.42. The fourth-order valence-electron chi connectivity index (χ4n) is 4.72. The van der Waals surface area contributed by atoms with E-state index in [9.17, 15) is 9.59 Å². The number of anilines is 1. The van der Waals surface area contributed by atoms with Crippen molar-refractivity contribution < 1.29 is 4.79 Å². The minimum Gasteiger partial charge on any atom is -0.373 e. The molecule has 1 atom stereocenters. The molecule has 228 valence electrons. The summed E-state index contributed by atoms with van der Waals surface area (Å²) in [4.78, 5) is 36.6. The Labute approximate surface area is 259 Å². The molecule has 1 aliphatic heterocycles. The van der Waals surface area contributed by atoms with Gasteiger partial charge in [0.1, 0.15) is 17.6 Å². The van der Waals surface area contributed by atoms with E-state index < -0.39 is 6.04 Å². The zero-order chi connectivity index (χ0) is 31.2. The van der Waals surface area contributed by atoms with E-state index >= 15 is 0 Å². The Hall–Kier alpha value is -3.98. The van der Waals surface area contributed by atoms with Crippen LogP contribution in [0.4, 0.5) is 5.69 Å². The van der Waals surface area contributed by atoms with Crippen molar-refractivity contribution in [2.24, 2.45) is 4.99 Å². The van der Waals surface area contributed by atoms with Crippen LogP contribution in [0, 0.1) is 5.41 Å². The average molecular weight is 601 g/mol. The minimum absolute atomic E-state index is 0.180. The van der Waals surface area contributed by atoms with Gasteiger partial charge in [-0.2, -0.15) is 0 Å². The highest BCUT2D eigenvalue weighted by Gasteiger charge is 2.31. The lowest BCUT2D eigenvalue weighted by molar-refractivity contribution is -0.124. The largest absolute Gasteiger partial charge is 0.373 e. The number of hydrogen-bond acceptors (Lipinski definition) is 7. The first-order chi connectivity index (χ1) is 20.8. The van der Waals surface area contributed by atoms with Crippen molar-refractivity contribution in [1.82, 2.24) is 14.9 Å². The van der Waals surface area contributed by atoms with E-state index in [1.165, 1.54) is 28.1 Å². The number of nitrogens with one attached hydrogen (secondary N) is 3. The van der Waals surface area contributed by atoms with Gasteiger partial charge in [0, 0.05) is 30.3 Å². The van der Waals surface area contributed by atoms with Gasteiger partial charge in [0.15, 0.2) is 0 Å². The number of benzene rings is 1. The van der Waals surface area contributed by atoms with Crippen molar-refractivity contribution in [1.29, 1.82) is 5.41 Å². The maximum absolute atomic E-state index is 13.5. The van der Waals surface area contributed by atoms with Gasteiger partial charge in [0.25, 0.3) is 5.56 Å². The Kier molecular flexibility index (Phi) is 13.4. The van der Waals surface area contributed by atoms with Gasteiger partial charge in [0.05, 0.1) is 17.8 Å². The molecule has 0 radical (unpaired) electrons. The van der Waals surface area contributed by atoms with E-state index in [-0.39, 0.29) is 23.7 Å². The first kappa shape index (κ1) is 33.5. The topological polar surface area (TPSA) is 112 Å². The van der Waals surface area contributed by atoms with Gasteiger partial charge >= 0.3 is 0 Å². The van der Waals surface area contributed by atoms with Crippen LogP contribution in [0.5, 0.6) is 0 Å². The van der Waals surface area contributed by atoms with Crippen LogP contribution in [-0.2, 0) is 11.2 Å². The molecule has 0 aliphatic carbocycles. The second-order valence-corrected chi connectivity index (χ2v) is 11.4. The van der Waals surface area contributed by atoms with Crippen LogP contribution < -0.4 is 16.2 Å². The second kappa shape index (κ2) is 17.2. The summed E-state index contributed by atoms with van der Waals surface area (Å²) in [6.45, 7) is 10.7. The molecule has 2 heterocycles. The Morgan fingerprint density at radius 1 is 1.19 bits per heavy atom. The van der Waals surface area contributed by atoms with Crippen LogP contribution in [0.3, 0.4) is 0 Å². The molecule has 43 heavy (non-hydrogen) atoms. The molecule has 8 nitrogen and oxygen atoms in total. The third-order valence-electron chi connectivity index (χ3n) is 7.17. The summed E-state index contributed by atoms with van der Waals surface area (Å²) >= 11 is 1.40. The number of aryl methyl sites for hydroxylation is 1. The predicted octanol–water partition coefficient (Wildman–Crippen LogP) is 7.09. The lowest BCUT2D eigenvalue weighted by Crippen LogP contribution is -2.37. The number of hydrogen-bond donors (Lipinski definition) is 3. The summed E-state index contributed by atoms with van der Waals surface area (Å²) in [5, 5.41) is 15.1. The SMILES string of the molecule is C\C=C/N=C/C(=C/C(=C\C)CNC(=O)C1CCc2ncc(NCC(=N)SC(=C(C)CC)c3ccccc3)c(=O)n21)CCC. The number of carbonyl (C=O) groups is 1. The van der Waals surface area contributed by atoms with Crippen molar-refractivity contribution in [2.75, 3.05) is 18.4 Å². The molecule has 0 fully saturated rings. The van der Waals surface area contributed by atoms with Crippen LogP contribution in [0.25, 0.3) is 4.91 Å². The van der Waals surface area contributed by atoms with E-state index in [4.69, 9.17) is 5.41 Å². The van der Waals surface area contributed by atoms with Gasteiger partial charge in [-0.05, 0) is 56.7 Å². The fraction of sp³-hybridized carbons (Fsp3) is 0.382. The van der Waals surface area contributed by atoms with Crippen LogP contribution in [-0.4, -0.2) is 39.8 Å². The van der Waals surface area contributed by atoms with Crippen molar-refractivity contribution in [2.45, 2.75) is 72.8 Å². The monoisotopic (exact) mass is 600 g/mol. The number of fused-ring (bicyclic) bond motifs is 1. The Morgan fingerprint density at radius 3 is 2.63 bits per heavy atom. The lowest BCUT2D eigenvalue weighted by atomic mass is 10.1. The molecule has 3 N–H and O–H groups in total. The molecule has 1 aliphatic rings. The van der Waals surface area contributed by atoms with Gasteiger partial charge in [-0.25, -0.2) is 4.98 Å². The molecule has 0 saturated heterocycles. The molecule has 1 aromatic heterocycles. The fourth-order valence-corrected chi connectivity index (χ4v) is 5.68. The van der Waals surface area contributed by atoms with Gasteiger partial charge < -0.3 is 10.6 Å². The molecule has 1 amide bonds. The summed E-state index contributed by atoms with van der Waals surface area (Å²) in [5.41, 5.74) is 4.33. The Balaban J connectivity index is 1.68. The number of thioether (sulfide) groups is 1. The predicted molar refractivity (Wildman–Crippen MR) is 182 cm³/mol. The maximum atomic E-state index is 13.5. The molecule has 0 bridgehead atoms. The molecule has 3 rings (SSSR count). The van der Waals surface area contributed by atoms with Gasteiger partial charge in [0.2, 0.25) is 5.91 Å². The van der Waals surface area contributed by atoms with E-state index in [0.717, 1.165) is 40.9 Å². The number of amides is 1. The first-order valence-corrected chi connectivity index (χ1v) is 15.8. The molecule has 0 spiro atoms. The summed E-state index contributed by atoms with van der Waals surface area (Å²) < 4.78 is 1.50. The van der Waals surface area contributed by atoms with Crippen molar-refractivity contribution in [3.8, 4) is 0 Å². The minimum atomic E-state index is -0.626. The van der Waals surface area contributed by atoms with Crippen LogP contribution >= 0.6 is 11.8 Å². The van der Waals surface area contributed by atoms with Gasteiger partial charge in [-0.15, -0.1) is 0 Å². The number of aliphatic imine (C=N–C) groups is 1. The van der Waals surface area contributed by atoms with E-state index in [0.29, 0.717) is 30.3 Å². The smallest absolute Gasteiger partial charge is 0.277 e. The van der Waals surface area contributed by atoms with E-state index in [1.807, 2.05) is 62.5 Å². The Morgan fingerprint density at radius 2 is 1.95 bits per heavy atom. The maximum Gasteiger partial charge on any atom is 0.277 e. The lowest BCUT2D eigenvalue weighted by Gasteiger charge is -2.17. The van der Waals surface area contributed by atoms with E-state index in [1.54, 1.807) is 6.20 Å². The highest BCUT2D eigenvalue weighted by atomic mass is 32.2. The Bertz CT molecular complexity index is 1480. The van der Waals surface area contributed by atoms with Crippen LogP contribution in [0.15, 0.2) is 87.5 Å². The molecule has 2 aromatic rings. The van der Waals surface area contributed by atoms with Crippen molar-refractivity contribution in [3.05, 3.63) is 99.4 Å². The summed E-state index contributed by atoms with van der Waals surface area (Å²) in [7, 11) is 0. The number of carbonyl (C=O) groups excluding carboxylic acids is 1. The highest BCUT2D eigenvalue weighted by molar-refractivity contribution is 8.21. The zero-order valence-corrected chi connectivity index (χ0v) is 26.8. The standard InChI is InChI=1S/C34H44N6O2S/c1-6-13-26(20-36-18-7-2)19-25(9-4)21-39-33(41)29-16-17-31-38-22-28(34(42)40(29)31)37-23-30(35)43-32(24(5)8-3)27-14-11-10-12-15-27/h7,9-12,14-15,18-20,22,29,35,37H,6,8,13,16-17,21,23H2,1-5H3,(H,39,41)/b18-7-,25-9+,26-19+,32-24?,35-30?,36-20+. The third-order valence-corrected chi connectivity index (χ3v) is 8.35. The number of nitrogens with zero attached hydrogens (tertiary/aromatic N) is 3. The number of aromatic nitrogens is 2. The molecular formula is C34H44N6O2S. The van der Waals surface area contributed by atoms with Gasteiger partial charge in [-0.3, -0.25) is 24.6 Å². The van der Waals surface area contributed by atoms with Crippen molar-refractivity contribution >= 4 is 39.5 Å². The average Bonchev–Trinajstić information content (AvgIpc) is 3.46. The molecule has 9 heteroatoms. The van der Waals surface area contributed by atoms with Crippen LogP contribution in [0.1, 0.15) is 77.7 Å². The third kappa shape index (κ3) is 9.51. The van der Waals surface area contributed by atoms with E-state index in [2.05, 4.69) is 47.5 Å². The highest BCUT2D eigenvalue weighted by Crippen LogP contribution is 2.32. The molecule has 1 aromatic carbocycles. The molecule has 1 unspecified atom stereocenters. The number of allylic oxidation sites excluding steroid dienone is 4. The quantitative estimate of drug-likeness (QED) is 0.122. The molecular weight excluding hydrogens is 556 g/mol.